The van der Waals surface area contributed by atoms with E-state index in [0.29, 0.717) is 17.4 Å². The lowest BCUT2D eigenvalue weighted by Gasteiger charge is -2.21. The minimum Gasteiger partial charge on any atom is -0.381 e. The molecule has 1 aliphatic rings. The molecule has 4 nitrogen and oxygen atoms in total. The number of rotatable bonds is 2. The summed E-state index contributed by atoms with van der Waals surface area (Å²) < 4.78 is 21.0. The summed E-state index contributed by atoms with van der Waals surface area (Å²) in [5.41, 5.74) is 7.04. The van der Waals surface area contributed by atoms with Crippen LogP contribution in [0.25, 0.3) is 11.0 Å². The fraction of sp³-hybridized carbons (Fsp3) is 0.462. The number of halogens is 1. The molecule has 0 aliphatic carbocycles. The SMILES string of the molecule is CC(C1CCOC1)n1c(N)nc2c(F)cccc21. The third-order valence-electron chi connectivity index (χ3n) is 3.75. The lowest BCUT2D eigenvalue weighted by Crippen LogP contribution is -2.18. The summed E-state index contributed by atoms with van der Waals surface area (Å²) in [5, 5.41) is 0. The van der Waals surface area contributed by atoms with E-state index in [-0.39, 0.29) is 11.9 Å². The number of ether oxygens (including phenoxy) is 1. The Bertz CT molecular complexity index is 575. The van der Waals surface area contributed by atoms with Gasteiger partial charge in [0.1, 0.15) is 5.52 Å². The number of benzene rings is 1. The van der Waals surface area contributed by atoms with Crippen LogP contribution in [0.2, 0.25) is 0 Å². The summed E-state index contributed by atoms with van der Waals surface area (Å²) in [6.45, 7) is 3.60. The van der Waals surface area contributed by atoms with E-state index < -0.39 is 0 Å². The molecule has 1 fully saturated rings. The minimum absolute atomic E-state index is 0.166. The number of fused-ring (bicyclic) bond motifs is 1. The van der Waals surface area contributed by atoms with Crippen molar-refractivity contribution in [2.24, 2.45) is 5.92 Å². The van der Waals surface area contributed by atoms with Gasteiger partial charge in [-0.3, -0.25) is 0 Å². The summed E-state index contributed by atoms with van der Waals surface area (Å²) in [6.07, 6.45) is 1.01. The summed E-state index contributed by atoms with van der Waals surface area (Å²) in [6, 6.07) is 5.11. The first kappa shape index (κ1) is 11.5. The van der Waals surface area contributed by atoms with Gasteiger partial charge in [-0.25, -0.2) is 9.37 Å². The summed E-state index contributed by atoms with van der Waals surface area (Å²) >= 11 is 0. The zero-order valence-electron chi connectivity index (χ0n) is 10.3. The molecule has 3 rings (SSSR count). The zero-order valence-corrected chi connectivity index (χ0v) is 10.3. The Labute approximate surface area is 105 Å². The number of nitrogens with two attached hydrogens (primary N) is 1. The Balaban J connectivity index is 2.10. The lowest BCUT2D eigenvalue weighted by molar-refractivity contribution is 0.176. The second-order valence-electron chi connectivity index (χ2n) is 4.81. The second kappa shape index (κ2) is 4.24. The molecule has 2 heterocycles. The molecule has 1 aromatic carbocycles. The highest BCUT2D eigenvalue weighted by molar-refractivity contribution is 5.79. The molecular formula is C13H16FN3O. The van der Waals surface area contributed by atoms with Crippen LogP contribution in [0, 0.1) is 11.7 Å². The maximum atomic E-state index is 13.7. The topological polar surface area (TPSA) is 53.1 Å². The van der Waals surface area contributed by atoms with E-state index in [4.69, 9.17) is 10.5 Å². The van der Waals surface area contributed by atoms with Crippen LogP contribution in [0.4, 0.5) is 10.3 Å². The van der Waals surface area contributed by atoms with Gasteiger partial charge in [-0.15, -0.1) is 0 Å². The Morgan fingerprint density at radius 1 is 1.56 bits per heavy atom. The average molecular weight is 249 g/mol. The van der Waals surface area contributed by atoms with Gasteiger partial charge < -0.3 is 15.0 Å². The number of hydrogen-bond acceptors (Lipinski definition) is 3. The molecule has 0 bridgehead atoms. The molecule has 0 spiro atoms. The van der Waals surface area contributed by atoms with Crippen LogP contribution in [-0.4, -0.2) is 22.8 Å². The molecule has 96 valence electrons. The maximum Gasteiger partial charge on any atom is 0.201 e. The van der Waals surface area contributed by atoms with Crippen molar-refractivity contribution < 1.29 is 9.13 Å². The van der Waals surface area contributed by atoms with Crippen molar-refractivity contribution in [2.75, 3.05) is 18.9 Å². The quantitative estimate of drug-likeness (QED) is 0.888. The first-order chi connectivity index (χ1) is 8.68. The minimum atomic E-state index is -0.326. The van der Waals surface area contributed by atoms with Crippen LogP contribution in [-0.2, 0) is 4.74 Å². The maximum absolute atomic E-state index is 13.7. The summed E-state index contributed by atoms with van der Waals surface area (Å²) in [7, 11) is 0. The van der Waals surface area contributed by atoms with Crippen LogP contribution < -0.4 is 5.73 Å². The largest absolute Gasteiger partial charge is 0.381 e. The van der Waals surface area contributed by atoms with E-state index >= 15 is 0 Å². The van der Waals surface area contributed by atoms with Crippen LogP contribution in [0.15, 0.2) is 18.2 Å². The molecule has 5 heteroatoms. The predicted octanol–water partition coefficient (Wildman–Crippen LogP) is 2.36. The highest BCUT2D eigenvalue weighted by Crippen LogP contribution is 2.32. The van der Waals surface area contributed by atoms with E-state index in [9.17, 15) is 4.39 Å². The van der Waals surface area contributed by atoms with E-state index in [1.807, 2.05) is 10.6 Å². The van der Waals surface area contributed by atoms with E-state index in [1.54, 1.807) is 6.07 Å². The van der Waals surface area contributed by atoms with E-state index in [1.165, 1.54) is 6.07 Å². The molecule has 2 aromatic rings. The molecule has 0 radical (unpaired) electrons. The molecular weight excluding hydrogens is 233 g/mol. The van der Waals surface area contributed by atoms with Gasteiger partial charge in [0.15, 0.2) is 5.82 Å². The van der Waals surface area contributed by atoms with Crippen molar-refractivity contribution in [1.82, 2.24) is 9.55 Å². The lowest BCUT2D eigenvalue weighted by atomic mass is 10.0. The van der Waals surface area contributed by atoms with Crippen molar-refractivity contribution in [1.29, 1.82) is 0 Å². The molecule has 2 unspecified atom stereocenters. The van der Waals surface area contributed by atoms with Gasteiger partial charge >= 0.3 is 0 Å². The fourth-order valence-corrected chi connectivity index (χ4v) is 2.67. The van der Waals surface area contributed by atoms with Crippen LogP contribution >= 0.6 is 0 Å². The number of nitrogen functional groups attached to an aromatic ring is 1. The molecule has 1 aliphatic heterocycles. The van der Waals surface area contributed by atoms with Gasteiger partial charge in [0.2, 0.25) is 5.95 Å². The molecule has 1 aromatic heterocycles. The van der Waals surface area contributed by atoms with Gasteiger partial charge in [0, 0.05) is 18.6 Å². The van der Waals surface area contributed by atoms with E-state index in [0.717, 1.165) is 25.2 Å². The zero-order chi connectivity index (χ0) is 12.7. The molecule has 0 saturated carbocycles. The third kappa shape index (κ3) is 1.66. The van der Waals surface area contributed by atoms with Gasteiger partial charge in [0.25, 0.3) is 0 Å². The van der Waals surface area contributed by atoms with Gasteiger partial charge in [-0.05, 0) is 25.5 Å². The molecule has 18 heavy (non-hydrogen) atoms. The Morgan fingerprint density at radius 2 is 2.39 bits per heavy atom. The number of anilines is 1. The standard InChI is InChI=1S/C13H16FN3O/c1-8(9-5-6-18-7-9)17-11-4-2-3-10(14)12(11)16-13(17)15/h2-4,8-9H,5-7H2,1H3,(H2,15,16). The number of imidazole rings is 1. The van der Waals surface area contributed by atoms with Crippen LogP contribution in [0.1, 0.15) is 19.4 Å². The highest BCUT2D eigenvalue weighted by Gasteiger charge is 2.26. The van der Waals surface area contributed by atoms with E-state index in [2.05, 4.69) is 11.9 Å². The molecule has 0 amide bonds. The average Bonchev–Trinajstić information content (AvgIpc) is 2.96. The van der Waals surface area contributed by atoms with Gasteiger partial charge in [-0.1, -0.05) is 6.07 Å². The van der Waals surface area contributed by atoms with Crippen LogP contribution in [0.5, 0.6) is 0 Å². The Hall–Kier alpha value is -1.62. The van der Waals surface area contributed by atoms with Crippen LogP contribution in [0.3, 0.4) is 0 Å². The predicted molar refractivity (Wildman–Crippen MR) is 67.7 cm³/mol. The van der Waals surface area contributed by atoms with Crippen molar-refractivity contribution >= 4 is 17.0 Å². The second-order valence-corrected chi connectivity index (χ2v) is 4.81. The van der Waals surface area contributed by atoms with Crippen molar-refractivity contribution in [2.45, 2.75) is 19.4 Å². The van der Waals surface area contributed by atoms with Crippen molar-refractivity contribution in [3.8, 4) is 0 Å². The third-order valence-corrected chi connectivity index (χ3v) is 3.75. The molecule has 2 N–H and O–H groups in total. The molecule has 1 saturated heterocycles. The first-order valence-corrected chi connectivity index (χ1v) is 6.18. The molecule has 2 atom stereocenters. The highest BCUT2D eigenvalue weighted by atomic mass is 19.1. The Kier molecular flexibility index (Phi) is 2.70. The number of nitrogens with zero attached hydrogens (tertiary/aromatic N) is 2. The number of para-hydroxylation sites is 1. The summed E-state index contributed by atoms with van der Waals surface area (Å²) in [4.78, 5) is 4.13. The normalized spacial score (nSPS) is 21.6. The van der Waals surface area contributed by atoms with Gasteiger partial charge in [-0.2, -0.15) is 0 Å². The Morgan fingerprint density at radius 3 is 3.11 bits per heavy atom. The van der Waals surface area contributed by atoms with Gasteiger partial charge in [0.05, 0.1) is 12.1 Å². The smallest absolute Gasteiger partial charge is 0.201 e. The van der Waals surface area contributed by atoms with Crippen molar-refractivity contribution in [3.63, 3.8) is 0 Å². The monoisotopic (exact) mass is 249 g/mol. The number of aromatic nitrogens is 2. The van der Waals surface area contributed by atoms with Crippen molar-refractivity contribution in [3.05, 3.63) is 24.0 Å². The summed E-state index contributed by atoms with van der Waals surface area (Å²) in [5.74, 6) is 0.454. The first-order valence-electron chi connectivity index (χ1n) is 6.18. The number of hydrogen-bond donors (Lipinski definition) is 1. The fourth-order valence-electron chi connectivity index (χ4n) is 2.67.